The molecule has 0 radical (unpaired) electrons. The maximum absolute atomic E-state index is 11.8. The third-order valence-electron chi connectivity index (χ3n) is 4.01. The van der Waals surface area contributed by atoms with Crippen LogP contribution in [0, 0.1) is 6.92 Å². The second kappa shape index (κ2) is 5.22. The number of halogens is 1. The number of benzene rings is 1. The molecule has 0 saturated carbocycles. The largest absolute Gasteiger partial charge is 0.381 e. The summed E-state index contributed by atoms with van der Waals surface area (Å²) in [5.41, 5.74) is 8.23. The van der Waals surface area contributed by atoms with Gasteiger partial charge in [-0.1, -0.05) is 22.0 Å². The van der Waals surface area contributed by atoms with Crippen LogP contribution in [-0.2, 0) is 4.74 Å². The Morgan fingerprint density at radius 1 is 1.40 bits per heavy atom. The molecule has 2 heterocycles. The zero-order chi connectivity index (χ0) is 14.3. The zero-order valence-electron chi connectivity index (χ0n) is 11.4. The molecule has 20 heavy (non-hydrogen) atoms. The van der Waals surface area contributed by atoms with Gasteiger partial charge in [0.1, 0.15) is 0 Å². The normalized spacial score (nSPS) is 16.7. The van der Waals surface area contributed by atoms with Crippen molar-refractivity contribution in [3.63, 3.8) is 0 Å². The molecular formula is C15H17BrN2O2. The number of primary amides is 1. The van der Waals surface area contributed by atoms with E-state index in [1.54, 1.807) is 0 Å². The summed E-state index contributed by atoms with van der Waals surface area (Å²) >= 11 is 3.51. The number of fused-ring (bicyclic) bond motifs is 1. The molecule has 1 aromatic carbocycles. The molecular weight excluding hydrogens is 320 g/mol. The molecule has 0 aliphatic carbocycles. The summed E-state index contributed by atoms with van der Waals surface area (Å²) in [7, 11) is 0. The molecule has 1 aliphatic heterocycles. The predicted octanol–water partition coefficient (Wildman–Crippen LogP) is 3.16. The summed E-state index contributed by atoms with van der Waals surface area (Å²) in [5, 5.41) is 0.935. The summed E-state index contributed by atoms with van der Waals surface area (Å²) in [6.07, 6.45) is 1.94. The third-order valence-corrected chi connectivity index (χ3v) is 4.51. The highest BCUT2D eigenvalue weighted by molar-refractivity contribution is 9.10. The molecule has 0 unspecified atom stereocenters. The Bertz CT molecular complexity index is 672. The number of rotatable bonds is 2. The Balaban J connectivity index is 2.26. The molecule has 1 amide bonds. The van der Waals surface area contributed by atoms with E-state index in [1.807, 2.05) is 19.1 Å². The number of ether oxygens (including phenoxy) is 1. The van der Waals surface area contributed by atoms with Gasteiger partial charge in [-0.3, -0.25) is 4.79 Å². The Morgan fingerprint density at radius 3 is 2.75 bits per heavy atom. The van der Waals surface area contributed by atoms with E-state index in [0.717, 1.165) is 47.1 Å². The van der Waals surface area contributed by atoms with Gasteiger partial charge in [0.05, 0.1) is 11.1 Å². The summed E-state index contributed by atoms with van der Waals surface area (Å²) in [6.45, 7) is 3.51. The number of nitrogens with two attached hydrogens (primary N) is 1. The molecule has 0 atom stereocenters. The standard InChI is InChI=1S/C15H17BrN2O2/c1-9-14(15(17)19)12-3-2-10(16)8-13(12)18(9)11-4-6-20-7-5-11/h2-3,8,11H,4-7H2,1H3,(H2,17,19). The highest BCUT2D eigenvalue weighted by Crippen LogP contribution is 2.34. The van der Waals surface area contributed by atoms with Crippen LogP contribution < -0.4 is 5.73 Å². The minimum Gasteiger partial charge on any atom is -0.381 e. The molecule has 5 heteroatoms. The molecule has 1 aliphatic rings. The van der Waals surface area contributed by atoms with E-state index in [2.05, 4.69) is 26.6 Å². The van der Waals surface area contributed by atoms with Crippen LogP contribution >= 0.6 is 15.9 Å². The maximum Gasteiger partial charge on any atom is 0.251 e. The quantitative estimate of drug-likeness (QED) is 0.915. The van der Waals surface area contributed by atoms with Gasteiger partial charge in [-0.15, -0.1) is 0 Å². The summed E-state index contributed by atoms with van der Waals surface area (Å²) < 4.78 is 8.70. The van der Waals surface area contributed by atoms with Gasteiger partial charge in [-0.25, -0.2) is 0 Å². The van der Waals surface area contributed by atoms with Gasteiger partial charge in [0.2, 0.25) is 0 Å². The van der Waals surface area contributed by atoms with E-state index in [-0.39, 0.29) is 5.91 Å². The predicted molar refractivity (Wildman–Crippen MR) is 82.0 cm³/mol. The summed E-state index contributed by atoms with van der Waals surface area (Å²) in [5.74, 6) is -0.361. The number of hydrogen-bond donors (Lipinski definition) is 1. The first-order valence-electron chi connectivity index (χ1n) is 6.77. The first-order valence-corrected chi connectivity index (χ1v) is 7.56. The Labute approximate surface area is 126 Å². The van der Waals surface area contributed by atoms with Crippen molar-refractivity contribution in [2.75, 3.05) is 13.2 Å². The van der Waals surface area contributed by atoms with Crippen LogP contribution in [0.3, 0.4) is 0 Å². The maximum atomic E-state index is 11.8. The number of amides is 1. The fourth-order valence-electron chi connectivity index (χ4n) is 3.14. The van der Waals surface area contributed by atoms with Crippen molar-refractivity contribution in [2.24, 2.45) is 5.73 Å². The van der Waals surface area contributed by atoms with Crippen LogP contribution in [0.4, 0.5) is 0 Å². The average Bonchev–Trinajstić information content (AvgIpc) is 2.71. The fourth-order valence-corrected chi connectivity index (χ4v) is 3.49. The molecule has 2 aromatic rings. The molecule has 1 aromatic heterocycles. The second-order valence-electron chi connectivity index (χ2n) is 5.20. The first-order chi connectivity index (χ1) is 9.59. The van der Waals surface area contributed by atoms with E-state index in [4.69, 9.17) is 10.5 Å². The average molecular weight is 337 g/mol. The molecule has 4 nitrogen and oxygen atoms in total. The van der Waals surface area contributed by atoms with Crippen molar-refractivity contribution in [2.45, 2.75) is 25.8 Å². The van der Waals surface area contributed by atoms with Gasteiger partial charge in [0.15, 0.2) is 0 Å². The summed E-state index contributed by atoms with van der Waals surface area (Å²) in [4.78, 5) is 11.8. The van der Waals surface area contributed by atoms with Crippen LogP contribution in [-0.4, -0.2) is 23.7 Å². The van der Waals surface area contributed by atoms with Crippen molar-refractivity contribution in [3.05, 3.63) is 33.9 Å². The minimum atomic E-state index is -0.361. The van der Waals surface area contributed by atoms with Gasteiger partial charge in [0, 0.05) is 34.8 Å². The van der Waals surface area contributed by atoms with E-state index >= 15 is 0 Å². The number of carbonyl (C=O) groups excluding carboxylic acids is 1. The molecule has 2 N–H and O–H groups in total. The summed E-state index contributed by atoms with van der Waals surface area (Å²) in [6, 6.07) is 6.34. The van der Waals surface area contributed by atoms with Crippen molar-refractivity contribution >= 4 is 32.7 Å². The Hall–Kier alpha value is -1.33. The van der Waals surface area contributed by atoms with Crippen LogP contribution in [0.5, 0.6) is 0 Å². The van der Waals surface area contributed by atoms with Crippen molar-refractivity contribution in [1.29, 1.82) is 0 Å². The third kappa shape index (κ3) is 2.15. The smallest absolute Gasteiger partial charge is 0.251 e. The SMILES string of the molecule is Cc1c(C(N)=O)c2ccc(Br)cc2n1C1CCOCC1. The molecule has 1 saturated heterocycles. The molecule has 1 fully saturated rings. The minimum absolute atomic E-state index is 0.361. The van der Waals surface area contributed by atoms with E-state index in [1.165, 1.54) is 0 Å². The lowest BCUT2D eigenvalue weighted by molar-refractivity contribution is 0.0702. The van der Waals surface area contributed by atoms with Gasteiger partial charge in [-0.2, -0.15) is 0 Å². The highest BCUT2D eigenvalue weighted by Gasteiger charge is 2.24. The van der Waals surface area contributed by atoms with E-state index in [9.17, 15) is 4.79 Å². The molecule has 106 valence electrons. The molecule has 0 bridgehead atoms. The van der Waals surface area contributed by atoms with Crippen LogP contribution in [0.15, 0.2) is 22.7 Å². The Morgan fingerprint density at radius 2 is 2.10 bits per heavy atom. The van der Waals surface area contributed by atoms with Crippen molar-refractivity contribution in [3.8, 4) is 0 Å². The van der Waals surface area contributed by atoms with E-state index < -0.39 is 0 Å². The van der Waals surface area contributed by atoms with Crippen LogP contribution in [0.1, 0.15) is 34.9 Å². The van der Waals surface area contributed by atoms with Gasteiger partial charge < -0.3 is 15.0 Å². The number of carbonyl (C=O) groups is 1. The second-order valence-corrected chi connectivity index (χ2v) is 6.12. The van der Waals surface area contributed by atoms with Crippen molar-refractivity contribution in [1.82, 2.24) is 4.57 Å². The van der Waals surface area contributed by atoms with Crippen LogP contribution in [0.25, 0.3) is 10.9 Å². The molecule has 3 rings (SSSR count). The number of nitrogens with zero attached hydrogens (tertiary/aromatic N) is 1. The lowest BCUT2D eigenvalue weighted by atomic mass is 10.1. The highest BCUT2D eigenvalue weighted by atomic mass is 79.9. The lowest BCUT2D eigenvalue weighted by Crippen LogP contribution is -2.21. The van der Waals surface area contributed by atoms with Gasteiger partial charge in [0.25, 0.3) is 5.91 Å². The monoisotopic (exact) mass is 336 g/mol. The molecule has 0 spiro atoms. The zero-order valence-corrected chi connectivity index (χ0v) is 12.9. The topological polar surface area (TPSA) is 57.2 Å². The lowest BCUT2D eigenvalue weighted by Gasteiger charge is -2.26. The first kappa shape index (κ1) is 13.6. The van der Waals surface area contributed by atoms with Crippen molar-refractivity contribution < 1.29 is 9.53 Å². The van der Waals surface area contributed by atoms with Crippen LogP contribution in [0.2, 0.25) is 0 Å². The Kier molecular flexibility index (Phi) is 3.56. The van der Waals surface area contributed by atoms with Gasteiger partial charge in [-0.05, 0) is 31.9 Å². The van der Waals surface area contributed by atoms with Gasteiger partial charge >= 0.3 is 0 Å². The fraction of sp³-hybridized carbons (Fsp3) is 0.400. The number of hydrogen-bond acceptors (Lipinski definition) is 2. The van der Waals surface area contributed by atoms with E-state index in [0.29, 0.717) is 11.6 Å². The number of aromatic nitrogens is 1.